The molecule has 124 valence electrons. The van der Waals surface area contributed by atoms with Crippen LogP contribution in [0.2, 0.25) is 0 Å². The van der Waals surface area contributed by atoms with Crippen LogP contribution in [0.25, 0.3) is 0 Å². The maximum atomic E-state index is 12.8. The average Bonchev–Trinajstić information content (AvgIpc) is 2.54. The Morgan fingerprint density at radius 3 is 2.25 bits per heavy atom. The van der Waals surface area contributed by atoms with Crippen LogP contribution in [0.3, 0.4) is 0 Å². The summed E-state index contributed by atoms with van der Waals surface area (Å²) in [5.74, 6) is -2.03. The van der Waals surface area contributed by atoms with Gasteiger partial charge >= 0.3 is 0 Å². The normalized spacial score (nSPS) is 12.7. The summed E-state index contributed by atoms with van der Waals surface area (Å²) in [5, 5.41) is 20.2. The topological polar surface area (TPSA) is 136 Å². The van der Waals surface area contributed by atoms with Crippen LogP contribution < -0.4 is 16.2 Å². The van der Waals surface area contributed by atoms with Crippen LogP contribution in [-0.4, -0.2) is 28.4 Å². The van der Waals surface area contributed by atoms with Crippen LogP contribution in [0.5, 0.6) is 17.2 Å². The predicted octanol–water partition coefficient (Wildman–Crippen LogP) is 1.83. The highest BCUT2D eigenvalue weighted by Crippen LogP contribution is 2.44. The van der Waals surface area contributed by atoms with Crippen LogP contribution in [0.1, 0.15) is 45.2 Å². The van der Waals surface area contributed by atoms with Gasteiger partial charge in [0.05, 0.1) is 34.5 Å². The minimum absolute atomic E-state index is 0.0380. The SMILES string of the molecule is CCCOc1cc(O)c2c(c1N)C(=O)c1c(O)ccc(N)c1C2=O. The number of benzene rings is 2. The Kier molecular flexibility index (Phi) is 3.56. The van der Waals surface area contributed by atoms with E-state index in [-0.39, 0.29) is 45.1 Å². The molecule has 0 atom stereocenters. The van der Waals surface area contributed by atoms with Crippen molar-refractivity contribution in [2.45, 2.75) is 13.3 Å². The third kappa shape index (κ3) is 2.05. The number of carbonyl (C=O) groups excluding carboxylic acids is 2. The molecule has 1 aliphatic rings. The summed E-state index contributed by atoms with van der Waals surface area (Å²) in [5.41, 5.74) is 11.0. The van der Waals surface area contributed by atoms with Gasteiger partial charge in [-0.2, -0.15) is 0 Å². The number of rotatable bonds is 3. The third-order valence-corrected chi connectivity index (χ3v) is 3.89. The highest BCUT2D eigenvalue weighted by molar-refractivity contribution is 6.33. The van der Waals surface area contributed by atoms with Gasteiger partial charge in [-0.3, -0.25) is 9.59 Å². The van der Waals surface area contributed by atoms with Gasteiger partial charge in [-0.1, -0.05) is 6.92 Å². The zero-order valence-electron chi connectivity index (χ0n) is 12.9. The monoisotopic (exact) mass is 328 g/mol. The van der Waals surface area contributed by atoms with Crippen LogP contribution >= 0.6 is 0 Å². The third-order valence-electron chi connectivity index (χ3n) is 3.89. The molecule has 6 N–H and O–H groups in total. The summed E-state index contributed by atoms with van der Waals surface area (Å²) in [4.78, 5) is 25.5. The summed E-state index contributed by atoms with van der Waals surface area (Å²) >= 11 is 0. The van der Waals surface area contributed by atoms with Crippen LogP contribution in [0.15, 0.2) is 18.2 Å². The zero-order chi connectivity index (χ0) is 17.6. The van der Waals surface area contributed by atoms with E-state index in [1.54, 1.807) is 0 Å². The van der Waals surface area contributed by atoms with Crippen LogP contribution in [0, 0.1) is 0 Å². The maximum absolute atomic E-state index is 12.8. The molecule has 0 aromatic heterocycles. The lowest BCUT2D eigenvalue weighted by atomic mass is 9.81. The maximum Gasteiger partial charge on any atom is 0.200 e. The number of nitrogens with two attached hydrogens (primary N) is 2. The first kappa shape index (κ1) is 15.7. The van der Waals surface area contributed by atoms with Crippen LogP contribution in [-0.2, 0) is 0 Å². The number of hydrogen-bond acceptors (Lipinski definition) is 7. The molecular formula is C17H16N2O5. The molecule has 2 aromatic rings. The molecule has 0 heterocycles. The number of anilines is 2. The first-order valence-corrected chi connectivity index (χ1v) is 7.37. The number of hydrogen-bond donors (Lipinski definition) is 4. The van der Waals surface area contributed by atoms with E-state index in [1.165, 1.54) is 18.2 Å². The number of ketones is 2. The smallest absolute Gasteiger partial charge is 0.200 e. The number of phenols is 2. The van der Waals surface area contributed by atoms with Gasteiger partial charge in [-0.15, -0.1) is 0 Å². The van der Waals surface area contributed by atoms with Crippen molar-refractivity contribution in [1.29, 1.82) is 0 Å². The summed E-state index contributed by atoms with van der Waals surface area (Å²) in [6, 6.07) is 3.76. The van der Waals surface area contributed by atoms with Gasteiger partial charge in [0.1, 0.15) is 17.2 Å². The van der Waals surface area contributed by atoms with Crippen molar-refractivity contribution in [1.82, 2.24) is 0 Å². The van der Waals surface area contributed by atoms with Crippen LogP contribution in [0.4, 0.5) is 11.4 Å². The molecule has 0 spiro atoms. The van der Waals surface area contributed by atoms with Crippen molar-refractivity contribution < 1.29 is 24.5 Å². The van der Waals surface area contributed by atoms with Crippen molar-refractivity contribution >= 4 is 22.9 Å². The van der Waals surface area contributed by atoms with Gasteiger partial charge in [-0.25, -0.2) is 0 Å². The quantitative estimate of drug-likeness (QED) is 0.425. The molecule has 24 heavy (non-hydrogen) atoms. The second-order valence-corrected chi connectivity index (χ2v) is 5.49. The molecule has 0 fully saturated rings. The van der Waals surface area contributed by atoms with E-state index in [0.717, 1.165) is 0 Å². The summed E-state index contributed by atoms with van der Waals surface area (Å²) in [6.45, 7) is 2.22. The average molecular weight is 328 g/mol. The van der Waals surface area contributed by atoms with Gasteiger partial charge in [0.25, 0.3) is 0 Å². The number of carbonyl (C=O) groups is 2. The molecule has 0 saturated carbocycles. The summed E-state index contributed by atoms with van der Waals surface area (Å²) in [7, 11) is 0. The largest absolute Gasteiger partial charge is 0.507 e. The van der Waals surface area contributed by atoms with E-state index < -0.39 is 17.3 Å². The Labute approximate surface area is 137 Å². The number of ether oxygens (including phenoxy) is 1. The molecule has 0 radical (unpaired) electrons. The second-order valence-electron chi connectivity index (χ2n) is 5.49. The molecule has 7 heteroatoms. The van der Waals surface area contributed by atoms with Crippen molar-refractivity contribution in [3.05, 3.63) is 40.5 Å². The molecule has 1 aliphatic carbocycles. The first-order valence-electron chi connectivity index (χ1n) is 7.37. The van der Waals surface area contributed by atoms with E-state index in [0.29, 0.717) is 13.0 Å². The van der Waals surface area contributed by atoms with E-state index in [9.17, 15) is 19.8 Å². The summed E-state index contributed by atoms with van der Waals surface area (Å²) < 4.78 is 5.42. The lowest BCUT2D eigenvalue weighted by molar-refractivity contribution is 0.0975. The highest BCUT2D eigenvalue weighted by atomic mass is 16.5. The molecule has 0 saturated heterocycles. The molecule has 0 amide bonds. The Hall–Kier alpha value is -3.22. The lowest BCUT2D eigenvalue weighted by Gasteiger charge is -2.23. The van der Waals surface area contributed by atoms with Crippen molar-refractivity contribution in [2.24, 2.45) is 0 Å². The van der Waals surface area contributed by atoms with Gasteiger partial charge in [0.15, 0.2) is 0 Å². The van der Waals surface area contributed by atoms with Gasteiger partial charge < -0.3 is 26.4 Å². The fraction of sp³-hybridized carbons (Fsp3) is 0.176. The van der Waals surface area contributed by atoms with E-state index in [1.807, 2.05) is 6.92 Å². The Bertz CT molecular complexity index is 889. The molecule has 7 nitrogen and oxygen atoms in total. The zero-order valence-corrected chi connectivity index (χ0v) is 12.9. The summed E-state index contributed by atoms with van der Waals surface area (Å²) in [6.07, 6.45) is 0.699. The van der Waals surface area contributed by atoms with Gasteiger partial charge in [-0.05, 0) is 18.6 Å². The minimum Gasteiger partial charge on any atom is -0.507 e. The molecule has 0 bridgehead atoms. The van der Waals surface area contributed by atoms with E-state index in [2.05, 4.69) is 0 Å². The molecule has 2 aromatic carbocycles. The fourth-order valence-electron chi connectivity index (χ4n) is 2.79. The minimum atomic E-state index is -0.681. The number of aromatic hydroxyl groups is 2. The molecular weight excluding hydrogens is 312 g/mol. The molecule has 0 aliphatic heterocycles. The van der Waals surface area contributed by atoms with E-state index >= 15 is 0 Å². The Morgan fingerprint density at radius 1 is 0.958 bits per heavy atom. The fourth-order valence-corrected chi connectivity index (χ4v) is 2.79. The van der Waals surface area contributed by atoms with Gasteiger partial charge in [0.2, 0.25) is 11.6 Å². The Morgan fingerprint density at radius 2 is 1.58 bits per heavy atom. The first-order chi connectivity index (χ1) is 11.4. The van der Waals surface area contributed by atoms with Crippen molar-refractivity contribution in [3.63, 3.8) is 0 Å². The molecule has 3 rings (SSSR count). The lowest BCUT2D eigenvalue weighted by Crippen LogP contribution is -2.24. The van der Waals surface area contributed by atoms with Crippen molar-refractivity contribution in [2.75, 3.05) is 18.1 Å². The van der Waals surface area contributed by atoms with E-state index in [4.69, 9.17) is 16.2 Å². The highest BCUT2D eigenvalue weighted by Gasteiger charge is 2.38. The Balaban J connectivity index is 2.31. The van der Waals surface area contributed by atoms with Crippen molar-refractivity contribution in [3.8, 4) is 17.2 Å². The predicted molar refractivity (Wildman–Crippen MR) is 87.7 cm³/mol. The second kappa shape index (κ2) is 5.45. The molecule has 0 unspecified atom stereocenters. The number of phenolic OH excluding ortho intramolecular Hbond substituents is 2. The standard InChI is InChI=1S/C17H16N2O5/c1-2-5-24-10-6-9(21)13-14(15(10)19)17(23)12-8(20)4-3-7(18)11(12)16(13)22/h3-4,6,20-21H,2,5,18-19H2,1H3. The number of nitrogen functional groups attached to an aromatic ring is 2. The van der Waals surface area contributed by atoms with Gasteiger partial charge in [0, 0.05) is 11.8 Å². The number of fused-ring (bicyclic) bond motifs is 2.